The lowest BCUT2D eigenvalue weighted by Gasteiger charge is -2.34. The summed E-state index contributed by atoms with van der Waals surface area (Å²) in [6.07, 6.45) is 0.0295. The quantitative estimate of drug-likeness (QED) is 0.619. The molecule has 3 aliphatic rings. The van der Waals surface area contributed by atoms with Crippen molar-refractivity contribution in [2.24, 2.45) is 0 Å². The number of nitrogens with zero attached hydrogens (tertiary/aromatic N) is 4. The molecule has 0 aromatic heterocycles. The molecule has 0 radical (unpaired) electrons. The van der Waals surface area contributed by atoms with Crippen LogP contribution in [0.1, 0.15) is 45.7 Å². The third kappa shape index (κ3) is 5.26. The molecule has 38 heavy (non-hydrogen) atoms. The maximum atomic E-state index is 13.6. The van der Waals surface area contributed by atoms with Gasteiger partial charge in [-0.2, -0.15) is 0 Å². The molecule has 2 unspecified atom stereocenters. The van der Waals surface area contributed by atoms with Crippen LogP contribution in [0.3, 0.4) is 0 Å². The summed E-state index contributed by atoms with van der Waals surface area (Å²) in [6.45, 7) is 8.42. The van der Waals surface area contributed by atoms with Crippen molar-refractivity contribution in [3.63, 3.8) is 0 Å². The van der Waals surface area contributed by atoms with Crippen LogP contribution in [0.15, 0.2) is 42.5 Å². The smallest absolute Gasteiger partial charge is 0.256 e. The zero-order valence-electron chi connectivity index (χ0n) is 22.2. The first kappa shape index (κ1) is 26.2. The van der Waals surface area contributed by atoms with Gasteiger partial charge in [-0.1, -0.05) is 24.3 Å². The molecule has 0 saturated carbocycles. The van der Waals surface area contributed by atoms with Crippen molar-refractivity contribution in [2.45, 2.75) is 39.0 Å². The maximum Gasteiger partial charge on any atom is 0.256 e. The second kappa shape index (κ2) is 11.1. The van der Waals surface area contributed by atoms with Crippen molar-refractivity contribution >= 4 is 23.4 Å². The molecule has 0 aliphatic carbocycles. The number of β-amino-alcohol motifs (C(OH)–C–C–N with tert-alkyl or cyclic N) is 1. The Kier molecular flexibility index (Phi) is 7.67. The fraction of sp³-hybridized carbons (Fsp3) is 0.483. The first-order valence-electron chi connectivity index (χ1n) is 13.6. The van der Waals surface area contributed by atoms with E-state index in [1.165, 1.54) is 11.1 Å². The average Bonchev–Trinajstić information content (AvgIpc) is 3.08. The highest BCUT2D eigenvalue weighted by Gasteiger charge is 2.32. The Bertz CT molecular complexity index is 1210. The number of fused-ring (bicyclic) bond motifs is 2. The second-order valence-electron chi connectivity index (χ2n) is 10.4. The van der Waals surface area contributed by atoms with Crippen LogP contribution in [0.25, 0.3) is 0 Å². The van der Waals surface area contributed by atoms with Crippen LogP contribution in [0.2, 0.25) is 0 Å². The van der Waals surface area contributed by atoms with Crippen molar-refractivity contribution < 1.29 is 19.5 Å². The average molecular weight is 520 g/mol. The highest BCUT2D eigenvalue weighted by molar-refractivity contribution is 6.03. The summed E-state index contributed by atoms with van der Waals surface area (Å²) in [4.78, 5) is 45.9. The van der Waals surface area contributed by atoms with Gasteiger partial charge in [0.25, 0.3) is 11.8 Å². The molecule has 5 rings (SSSR count). The molecule has 0 spiro atoms. The van der Waals surface area contributed by atoms with Crippen LogP contribution in [-0.4, -0.2) is 102 Å². The minimum Gasteiger partial charge on any atom is -0.390 e. The van der Waals surface area contributed by atoms with Gasteiger partial charge in [0, 0.05) is 77.4 Å². The van der Waals surface area contributed by atoms with E-state index < -0.39 is 6.10 Å². The highest BCUT2D eigenvalue weighted by atomic mass is 16.3. The molecule has 0 bridgehead atoms. The first-order chi connectivity index (χ1) is 18.4. The van der Waals surface area contributed by atoms with Gasteiger partial charge >= 0.3 is 0 Å². The number of hydrogen-bond acceptors (Lipinski definition) is 6. The van der Waals surface area contributed by atoms with Gasteiger partial charge in [0.1, 0.15) is 0 Å². The van der Waals surface area contributed by atoms with Gasteiger partial charge in [-0.25, -0.2) is 0 Å². The van der Waals surface area contributed by atoms with Crippen LogP contribution >= 0.6 is 0 Å². The summed E-state index contributed by atoms with van der Waals surface area (Å²) < 4.78 is 0. The predicted molar refractivity (Wildman–Crippen MR) is 145 cm³/mol. The van der Waals surface area contributed by atoms with Gasteiger partial charge < -0.3 is 30.0 Å². The van der Waals surface area contributed by atoms with Crippen LogP contribution in [-0.2, 0) is 17.8 Å². The fourth-order valence-electron chi connectivity index (χ4n) is 5.75. The van der Waals surface area contributed by atoms with Gasteiger partial charge in [0.15, 0.2) is 0 Å². The molecule has 3 heterocycles. The third-order valence-electron chi connectivity index (χ3n) is 8.12. The molecular formula is C29H37N5O4. The number of carbonyl (C=O) groups excluding carboxylic acids is 3. The zero-order chi connectivity index (χ0) is 26.8. The van der Waals surface area contributed by atoms with Crippen LogP contribution in [0, 0.1) is 0 Å². The Morgan fingerprint density at radius 1 is 0.974 bits per heavy atom. The monoisotopic (exact) mass is 519 g/mol. The summed E-state index contributed by atoms with van der Waals surface area (Å²) in [7, 11) is 0. The number of nitrogens with one attached hydrogen (secondary N) is 1. The number of benzene rings is 2. The second-order valence-corrected chi connectivity index (χ2v) is 10.4. The Balaban J connectivity index is 1.30. The Labute approximate surface area is 224 Å². The largest absolute Gasteiger partial charge is 0.390 e. The Morgan fingerprint density at radius 3 is 2.37 bits per heavy atom. The number of amides is 3. The number of piperazine rings is 1. The van der Waals surface area contributed by atoms with Crippen molar-refractivity contribution in [1.82, 2.24) is 20.0 Å². The van der Waals surface area contributed by atoms with Crippen molar-refractivity contribution in [1.29, 1.82) is 0 Å². The molecule has 2 atom stereocenters. The lowest BCUT2D eigenvalue weighted by atomic mass is 9.92. The molecule has 1 fully saturated rings. The van der Waals surface area contributed by atoms with E-state index in [0.29, 0.717) is 63.5 Å². The normalized spacial score (nSPS) is 20.5. The van der Waals surface area contributed by atoms with Crippen LogP contribution in [0.5, 0.6) is 0 Å². The van der Waals surface area contributed by atoms with Crippen molar-refractivity contribution in [3.05, 3.63) is 64.7 Å². The zero-order valence-corrected chi connectivity index (χ0v) is 22.2. The molecule has 3 amide bonds. The molecule has 3 aliphatic heterocycles. The van der Waals surface area contributed by atoms with Gasteiger partial charge in [0.2, 0.25) is 5.91 Å². The molecule has 1 saturated heterocycles. The maximum absolute atomic E-state index is 13.6. The van der Waals surface area contributed by atoms with Gasteiger partial charge in [-0.3, -0.25) is 14.4 Å². The molecule has 2 N–H and O–H groups in total. The first-order valence-corrected chi connectivity index (χ1v) is 13.6. The molecular weight excluding hydrogens is 482 g/mol. The molecule has 9 nitrogen and oxygen atoms in total. The summed E-state index contributed by atoms with van der Waals surface area (Å²) in [5.74, 6) is -0.182. The van der Waals surface area contributed by atoms with E-state index in [9.17, 15) is 19.5 Å². The SMILES string of the molecule is CCN1CCN(CC(O)C2Cc3ccccc3CN2)C(=O)c2ccc(C(=O)N3CCN(C(C)=O)CC3)cc21. The van der Waals surface area contributed by atoms with E-state index in [2.05, 4.69) is 22.3 Å². The number of likely N-dealkylation sites (N-methyl/N-ethyl adjacent to an activating group) is 1. The van der Waals surface area contributed by atoms with Crippen molar-refractivity contribution in [3.8, 4) is 0 Å². The van der Waals surface area contributed by atoms with Crippen molar-refractivity contribution in [2.75, 3.05) is 57.3 Å². The summed E-state index contributed by atoms with van der Waals surface area (Å²) >= 11 is 0. The van der Waals surface area contributed by atoms with E-state index in [0.717, 1.165) is 12.1 Å². The summed E-state index contributed by atoms with van der Waals surface area (Å²) in [5, 5.41) is 14.5. The molecule has 2 aromatic rings. The van der Waals surface area contributed by atoms with Crippen LogP contribution in [0.4, 0.5) is 5.69 Å². The van der Waals surface area contributed by atoms with Crippen LogP contribution < -0.4 is 10.2 Å². The number of hydrogen-bond donors (Lipinski definition) is 2. The van der Waals surface area contributed by atoms with E-state index in [1.807, 2.05) is 25.1 Å². The number of anilines is 1. The molecule has 9 heteroatoms. The third-order valence-corrected chi connectivity index (χ3v) is 8.12. The van der Waals surface area contributed by atoms with Gasteiger partial charge in [0.05, 0.1) is 17.4 Å². The number of rotatable bonds is 5. The molecule has 2 aromatic carbocycles. The number of aliphatic hydroxyl groups excluding tert-OH is 1. The Morgan fingerprint density at radius 2 is 1.66 bits per heavy atom. The lowest BCUT2D eigenvalue weighted by Crippen LogP contribution is -2.50. The molecule has 202 valence electrons. The standard InChI is InChI=1S/C29H37N5O4/c1-3-31-10-15-34(19-27(36)25-16-21-6-4-5-7-23(21)18-30-25)29(38)24-9-8-22(17-26(24)31)28(37)33-13-11-32(12-14-33)20(2)35/h4-9,17,25,27,30,36H,3,10-16,18-19H2,1-2H3. The predicted octanol–water partition coefficient (Wildman–Crippen LogP) is 1.35. The van der Waals surface area contributed by atoms with Gasteiger partial charge in [-0.15, -0.1) is 0 Å². The summed E-state index contributed by atoms with van der Waals surface area (Å²) in [5.41, 5.74) is 4.34. The topological polar surface area (TPSA) is 96.4 Å². The highest BCUT2D eigenvalue weighted by Crippen LogP contribution is 2.28. The minimum absolute atomic E-state index is 0.0259. The number of aliphatic hydroxyl groups is 1. The van der Waals surface area contributed by atoms with E-state index in [1.54, 1.807) is 33.8 Å². The minimum atomic E-state index is -0.696. The lowest BCUT2D eigenvalue weighted by molar-refractivity contribution is -0.130. The fourth-order valence-corrected chi connectivity index (χ4v) is 5.75. The summed E-state index contributed by atoms with van der Waals surface area (Å²) in [6, 6.07) is 13.4. The van der Waals surface area contributed by atoms with E-state index in [4.69, 9.17) is 0 Å². The van der Waals surface area contributed by atoms with E-state index in [-0.39, 0.29) is 30.3 Å². The Hall–Kier alpha value is -3.43. The number of carbonyl (C=O) groups is 3. The van der Waals surface area contributed by atoms with Gasteiger partial charge in [-0.05, 0) is 42.7 Å². The van der Waals surface area contributed by atoms with E-state index >= 15 is 0 Å².